The monoisotopic (exact) mass is 248 g/mol. The highest BCUT2D eigenvalue weighted by Gasteiger charge is 2.34. The Morgan fingerprint density at radius 2 is 1.62 bits per heavy atom. The van der Waals surface area contributed by atoms with Crippen LogP contribution in [0, 0.1) is 0 Å². The van der Waals surface area contributed by atoms with E-state index < -0.39 is 8.56 Å². The summed E-state index contributed by atoms with van der Waals surface area (Å²) in [7, 11) is -1.98. The molecule has 0 radical (unpaired) electrons. The predicted molar refractivity (Wildman–Crippen MR) is 70.6 cm³/mol. The fourth-order valence-corrected chi connectivity index (χ4v) is 4.85. The van der Waals surface area contributed by atoms with E-state index in [2.05, 4.69) is 6.92 Å². The van der Waals surface area contributed by atoms with Crippen LogP contribution in [0.1, 0.15) is 33.6 Å². The molecule has 0 rings (SSSR count). The molecule has 16 heavy (non-hydrogen) atoms. The van der Waals surface area contributed by atoms with Crippen LogP contribution in [0.3, 0.4) is 0 Å². The van der Waals surface area contributed by atoms with Crippen LogP contribution in [-0.2, 0) is 8.85 Å². The van der Waals surface area contributed by atoms with Gasteiger partial charge in [-0.1, -0.05) is 6.92 Å². The van der Waals surface area contributed by atoms with Crippen molar-refractivity contribution < 1.29 is 8.85 Å². The summed E-state index contributed by atoms with van der Waals surface area (Å²) in [6.45, 7) is 8.31. The molecule has 0 saturated heterocycles. The van der Waals surface area contributed by atoms with Crippen molar-refractivity contribution in [2.24, 2.45) is 11.5 Å². The molecule has 0 spiro atoms. The third kappa shape index (κ3) is 5.96. The number of rotatable bonds is 10. The van der Waals surface area contributed by atoms with E-state index in [0.29, 0.717) is 6.54 Å². The van der Waals surface area contributed by atoms with Crippen LogP contribution in [0.5, 0.6) is 0 Å². The van der Waals surface area contributed by atoms with Gasteiger partial charge in [0.1, 0.15) is 0 Å². The zero-order valence-corrected chi connectivity index (χ0v) is 12.0. The minimum Gasteiger partial charge on any atom is -0.394 e. The van der Waals surface area contributed by atoms with Crippen LogP contribution in [0.25, 0.3) is 0 Å². The first-order valence-electron chi connectivity index (χ1n) is 6.37. The van der Waals surface area contributed by atoms with E-state index in [1.165, 1.54) is 0 Å². The average molecular weight is 248 g/mol. The summed E-state index contributed by atoms with van der Waals surface area (Å²) in [5.41, 5.74) is 11.5. The van der Waals surface area contributed by atoms with Gasteiger partial charge in [0.05, 0.1) is 0 Å². The van der Waals surface area contributed by atoms with Crippen LogP contribution < -0.4 is 11.5 Å². The van der Waals surface area contributed by atoms with E-state index in [0.717, 1.165) is 38.1 Å². The zero-order valence-electron chi connectivity index (χ0n) is 11.0. The molecule has 0 fully saturated rings. The molecule has 0 amide bonds. The van der Waals surface area contributed by atoms with Crippen molar-refractivity contribution in [3.05, 3.63) is 0 Å². The van der Waals surface area contributed by atoms with Gasteiger partial charge in [0.25, 0.3) is 0 Å². The summed E-state index contributed by atoms with van der Waals surface area (Å²) in [6.07, 6.45) is 1.84. The van der Waals surface area contributed by atoms with Crippen LogP contribution in [-0.4, -0.2) is 34.4 Å². The molecular formula is C11H28N2O2Si. The second kappa shape index (κ2) is 9.12. The van der Waals surface area contributed by atoms with Crippen LogP contribution in [0.2, 0.25) is 12.1 Å². The molecule has 0 aliphatic rings. The highest BCUT2D eigenvalue weighted by atomic mass is 28.4. The third-order valence-corrected chi connectivity index (χ3v) is 6.54. The summed E-state index contributed by atoms with van der Waals surface area (Å²) in [6, 6.07) is 2.15. The summed E-state index contributed by atoms with van der Waals surface area (Å²) >= 11 is 0. The lowest BCUT2D eigenvalue weighted by molar-refractivity contribution is 0.182. The van der Waals surface area contributed by atoms with E-state index in [-0.39, 0.29) is 6.04 Å². The lowest BCUT2D eigenvalue weighted by atomic mass is 10.2. The number of hydrogen-bond acceptors (Lipinski definition) is 4. The molecule has 4 N–H and O–H groups in total. The summed E-state index contributed by atoms with van der Waals surface area (Å²) in [5, 5.41) is 0. The SMILES string of the molecule is CCO[Si](CC)(CCC(N)CCN)OCC. The summed E-state index contributed by atoms with van der Waals surface area (Å²) in [5.74, 6) is 0. The molecule has 0 heterocycles. The van der Waals surface area contributed by atoms with Gasteiger partial charge in [0.15, 0.2) is 0 Å². The highest BCUT2D eigenvalue weighted by molar-refractivity contribution is 6.67. The van der Waals surface area contributed by atoms with Gasteiger partial charge in [-0.15, -0.1) is 0 Å². The second-order valence-electron chi connectivity index (χ2n) is 4.01. The molecule has 98 valence electrons. The quantitative estimate of drug-likeness (QED) is 0.576. The molecule has 0 aliphatic carbocycles. The third-order valence-electron chi connectivity index (χ3n) is 2.79. The van der Waals surface area contributed by atoms with Gasteiger partial charge >= 0.3 is 8.56 Å². The van der Waals surface area contributed by atoms with Crippen molar-refractivity contribution in [1.29, 1.82) is 0 Å². The van der Waals surface area contributed by atoms with Crippen molar-refractivity contribution in [1.82, 2.24) is 0 Å². The highest BCUT2D eigenvalue weighted by Crippen LogP contribution is 2.22. The molecule has 1 atom stereocenters. The van der Waals surface area contributed by atoms with Gasteiger partial charge in [-0.3, -0.25) is 0 Å². The fourth-order valence-electron chi connectivity index (χ4n) is 1.86. The van der Waals surface area contributed by atoms with Crippen molar-refractivity contribution in [3.63, 3.8) is 0 Å². The van der Waals surface area contributed by atoms with E-state index >= 15 is 0 Å². The first kappa shape index (κ1) is 16.1. The Balaban J connectivity index is 4.17. The second-order valence-corrected chi connectivity index (χ2v) is 7.61. The Bertz CT molecular complexity index is 164. The lowest BCUT2D eigenvalue weighted by Crippen LogP contribution is -2.43. The van der Waals surface area contributed by atoms with E-state index in [1.54, 1.807) is 0 Å². The Morgan fingerprint density at radius 3 is 2.00 bits per heavy atom. The first-order chi connectivity index (χ1) is 7.64. The Morgan fingerprint density at radius 1 is 1.06 bits per heavy atom. The summed E-state index contributed by atoms with van der Waals surface area (Å²) in [4.78, 5) is 0. The van der Waals surface area contributed by atoms with Gasteiger partial charge in [0.2, 0.25) is 0 Å². The standard InChI is InChI=1S/C11H28N2O2Si/c1-4-14-16(6-3,15-5-2)10-8-11(13)7-9-12/h11H,4-10,12-13H2,1-3H3. The molecule has 5 heteroatoms. The molecule has 4 nitrogen and oxygen atoms in total. The largest absolute Gasteiger partial charge is 0.394 e. The van der Waals surface area contributed by atoms with Crippen molar-refractivity contribution in [3.8, 4) is 0 Å². The lowest BCUT2D eigenvalue weighted by Gasteiger charge is -2.29. The molecule has 0 bridgehead atoms. The van der Waals surface area contributed by atoms with Crippen LogP contribution in [0.15, 0.2) is 0 Å². The van der Waals surface area contributed by atoms with Gasteiger partial charge in [-0.2, -0.15) is 0 Å². The van der Waals surface area contributed by atoms with Gasteiger partial charge in [-0.05, 0) is 45.3 Å². The first-order valence-corrected chi connectivity index (χ1v) is 8.60. The van der Waals surface area contributed by atoms with Crippen LogP contribution in [0.4, 0.5) is 0 Å². The Kier molecular flexibility index (Phi) is 9.16. The maximum atomic E-state index is 5.97. The van der Waals surface area contributed by atoms with Crippen molar-refractivity contribution in [2.45, 2.75) is 51.7 Å². The molecule has 0 aliphatic heterocycles. The van der Waals surface area contributed by atoms with Crippen molar-refractivity contribution in [2.75, 3.05) is 19.8 Å². The Hall–Kier alpha value is 0.0569. The number of nitrogens with two attached hydrogens (primary N) is 2. The summed E-state index contributed by atoms with van der Waals surface area (Å²) < 4.78 is 11.8. The Labute approximate surface area is 101 Å². The molecule has 0 aromatic rings. The zero-order chi connectivity index (χ0) is 12.4. The average Bonchev–Trinajstić information content (AvgIpc) is 2.27. The predicted octanol–water partition coefficient (Wildman–Crippen LogP) is 1.59. The van der Waals surface area contributed by atoms with E-state index in [9.17, 15) is 0 Å². The molecule has 1 unspecified atom stereocenters. The van der Waals surface area contributed by atoms with E-state index in [4.69, 9.17) is 20.3 Å². The smallest absolute Gasteiger partial charge is 0.337 e. The molecule has 0 aromatic carbocycles. The van der Waals surface area contributed by atoms with E-state index in [1.807, 2.05) is 13.8 Å². The topological polar surface area (TPSA) is 70.5 Å². The van der Waals surface area contributed by atoms with Gasteiger partial charge in [0, 0.05) is 19.3 Å². The minimum atomic E-state index is -1.98. The maximum Gasteiger partial charge on any atom is 0.337 e. The maximum absolute atomic E-state index is 5.97. The van der Waals surface area contributed by atoms with Gasteiger partial charge < -0.3 is 20.3 Å². The molecule has 0 aromatic heterocycles. The fraction of sp³-hybridized carbons (Fsp3) is 1.00. The van der Waals surface area contributed by atoms with Gasteiger partial charge in [-0.25, -0.2) is 0 Å². The minimum absolute atomic E-state index is 0.185. The molecular weight excluding hydrogens is 220 g/mol. The van der Waals surface area contributed by atoms with Crippen LogP contribution >= 0.6 is 0 Å². The number of hydrogen-bond donors (Lipinski definition) is 2. The van der Waals surface area contributed by atoms with Crippen molar-refractivity contribution >= 4 is 8.56 Å². The molecule has 0 saturated carbocycles. The normalized spacial score (nSPS) is 14.1.